The second-order valence-electron chi connectivity index (χ2n) is 3.97. The Bertz CT molecular complexity index is 419. The molecule has 1 aromatic carbocycles. The molecule has 0 spiro atoms. The first-order valence-corrected chi connectivity index (χ1v) is 7.25. The van der Waals surface area contributed by atoms with Crippen molar-refractivity contribution in [2.24, 2.45) is 0 Å². The van der Waals surface area contributed by atoms with E-state index in [0.29, 0.717) is 12.0 Å². The Hall–Kier alpha value is -0.960. The zero-order chi connectivity index (χ0) is 12.9. The van der Waals surface area contributed by atoms with Crippen molar-refractivity contribution in [3.63, 3.8) is 0 Å². The fourth-order valence-corrected chi connectivity index (χ4v) is 2.06. The van der Waals surface area contributed by atoms with Gasteiger partial charge in [0.05, 0.1) is 5.30 Å². The number of hydrogen-bond acceptors (Lipinski definition) is 2. The second kappa shape index (κ2) is 6.10. The minimum atomic E-state index is -4.21. The van der Waals surface area contributed by atoms with Gasteiger partial charge in [-0.05, 0) is 18.6 Å². The highest BCUT2D eigenvalue weighted by Crippen LogP contribution is 2.32. The molecule has 0 aromatic heterocycles. The predicted molar refractivity (Wildman–Crippen MR) is 66.6 cm³/mol. The molecule has 1 rings (SSSR count). The van der Waals surface area contributed by atoms with E-state index in [1.165, 1.54) is 24.3 Å². The van der Waals surface area contributed by atoms with Crippen LogP contribution in [0.3, 0.4) is 0 Å². The fourth-order valence-electron chi connectivity index (χ4n) is 1.52. The molecule has 5 heteroatoms. The third kappa shape index (κ3) is 4.43. The molecule has 94 valence electrons. The number of benzene rings is 1. The van der Waals surface area contributed by atoms with E-state index in [4.69, 9.17) is 9.79 Å². The molecule has 0 unspecified atom stereocenters. The first kappa shape index (κ1) is 14.1. The number of ketones is 1. The molecule has 2 N–H and O–H groups in total. The Kier molecular flexibility index (Phi) is 5.06. The zero-order valence-electron chi connectivity index (χ0n) is 9.80. The van der Waals surface area contributed by atoms with E-state index in [1.807, 2.05) is 0 Å². The van der Waals surface area contributed by atoms with Crippen LogP contribution in [0.15, 0.2) is 24.3 Å². The van der Waals surface area contributed by atoms with E-state index in [-0.39, 0.29) is 11.1 Å². The molecule has 0 atom stereocenters. The number of hydrogen-bond donors (Lipinski definition) is 2. The number of unbranched alkanes of at least 4 members (excludes halogenated alkanes) is 2. The Labute approximate surface area is 101 Å². The molecule has 0 aliphatic carbocycles. The van der Waals surface area contributed by atoms with Crippen LogP contribution in [-0.2, 0) is 4.57 Å². The smallest absolute Gasteiger partial charge is 0.321 e. The summed E-state index contributed by atoms with van der Waals surface area (Å²) < 4.78 is 10.9. The molecule has 0 fully saturated rings. The minimum absolute atomic E-state index is 0.0238. The van der Waals surface area contributed by atoms with Gasteiger partial charge >= 0.3 is 7.60 Å². The molecule has 0 radical (unpaired) electrons. The van der Waals surface area contributed by atoms with Crippen LogP contribution in [0.2, 0.25) is 0 Å². The van der Waals surface area contributed by atoms with Gasteiger partial charge in [0.1, 0.15) is 0 Å². The summed E-state index contributed by atoms with van der Waals surface area (Å²) in [6, 6.07) is 5.58. The molecule has 0 saturated carbocycles. The summed E-state index contributed by atoms with van der Waals surface area (Å²) in [5.41, 5.74) is 0.512. The Morgan fingerprint density at radius 3 is 2.24 bits per heavy atom. The quantitative estimate of drug-likeness (QED) is 0.465. The fraction of sp³-hybridized carbons (Fsp3) is 0.417. The molecule has 0 heterocycles. The van der Waals surface area contributed by atoms with Gasteiger partial charge < -0.3 is 9.79 Å². The summed E-state index contributed by atoms with van der Waals surface area (Å²) in [5, 5.41) is -0.0531. The van der Waals surface area contributed by atoms with E-state index >= 15 is 0 Å². The summed E-state index contributed by atoms with van der Waals surface area (Å²) >= 11 is 0. The zero-order valence-corrected chi connectivity index (χ0v) is 10.7. The molecular weight excluding hydrogens is 239 g/mol. The lowest BCUT2D eigenvalue weighted by molar-refractivity contribution is 0.0979. The van der Waals surface area contributed by atoms with Crippen molar-refractivity contribution in [1.82, 2.24) is 0 Å². The highest BCUT2D eigenvalue weighted by molar-refractivity contribution is 7.60. The number of carbonyl (C=O) groups is 1. The number of carbonyl (C=O) groups excluding carboxylic acids is 1. The lowest BCUT2D eigenvalue weighted by Crippen LogP contribution is -2.06. The molecule has 4 nitrogen and oxygen atoms in total. The maximum Gasteiger partial charge on any atom is 0.356 e. The Morgan fingerprint density at radius 1 is 1.18 bits per heavy atom. The van der Waals surface area contributed by atoms with Gasteiger partial charge in [0.25, 0.3) is 0 Å². The third-order valence-corrected chi connectivity index (χ3v) is 3.50. The highest BCUT2D eigenvalue weighted by Gasteiger charge is 2.16. The van der Waals surface area contributed by atoms with Gasteiger partial charge in [0.2, 0.25) is 0 Å². The van der Waals surface area contributed by atoms with Crippen molar-refractivity contribution in [1.29, 1.82) is 0 Å². The lowest BCUT2D eigenvalue weighted by atomic mass is 10.1. The van der Waals surface area contributed by atoms with Crippen LogP contribution in [0.5, 0.6) is 0 Å². The topological polar surface area (TPSA) is 74.6 Å². The van der Waals surface area contributed by atoms with Crippen LogP contribution < -0.4 is 5.30 Å². The minimum Gasteiger partial charge on any atom is -0.321 e. The van der Waals surface area contributed by atoms with Crippen molar-refractivity contribution < 1.29 is 19.1 Å². The molecule has 0 aliphatic heterocycles. The van der Waals surface area contributed by atoms with Gasteiger partial charge in [0, 0.05) is 12.0 Å². The van der Waals surface area contributed by atoms with E-state index < -0.39 is 7.60 Å². The van der Waals surface area contributed by atoms with Gasteiger partial charge in [-0.25, -0.2) is 0 Å². The molecule has 1 aromatic rings. The van der Waals surface area contributed by atoms with Gasteiger partial charge in [-0.2, -0.15) is 0 Å². The molecule has 17 heavy (non-hydrogen) atoms. The maximum atomic E-state index is 11.7. The maximum absolute atomic E-state index is 11.7. The van der Waals surface area contributed by atoms with Crippen LogP contribution in [0.25, 0.3) is 0 Å². The Morgan fingerprint density at radius 2 is 1.76 bits per heavy atom. The molecule has 0 aliphatic rings. The summed E-state index contributed by atoms with van der Waals surface area (Å²) in [7, 11) is -4.21. The lowest BCUT2D eigenvalue weighted by Gasteiger charge is -2.05. The van der Waals surface area contributed by atoms with Gasteiger partial charge in [-0.15, -0.1) is 0 Å². The van der Waals surface area contributed by atoms with Crippen molar-refractivity contribution in [2.45, 2.75) is 32.6 Å². The molecule has 0 saturated heterocycles. The van der Waals surface area contributed by atoms with E-state index in [0.717, 1.165) is 19.3 Å². The second-order valence-corrected chi connectivity index (χ2v) is 5.58. The number of Topliss-reactive ketones (excluding diaryl/α,β-unsaturated/α-hetero) is 1. The predicted octanol–water partition coefficient (Wildman–Crippen LogP) is 2.25. The first-order valence-electron chi connectivity index (χ1n) is 5.64. The van der Waals surface area contributed by atoms with E-state index in [1.54, 1.807) is 0 Å². The first-order chi connectivity index (χ1) is 7.95. The van der Waals surface area contributed by atoms with Crippen LogP contribution >= 0.6 is 7.60 Å². The Balaban J connectivity index is 2.68. The van der Waals surface area contributed by atoms with E-state index in [9.17, 15) is 9.36 Å². The highest BCUT2D eigenvalue weighted by atomic mass is 31.2. The van der Waals surface area contributed by atoms with Gasteiger partial charge in [-0.1, -0.05) is 31.9 Å². The standard InChI is InChI=1S/C12H17O4P/c1-2-3-4-5-12(13)10-6-8-11(9-7-10)17(14,15)16/h6-9H,2-5H2,1H3,(H2,14,15,16). The number of rotatable bonds is 6. The molecule has 0 amide bonds. The van der Waals surface area contributed by atoms with Gasteiger partial charge in [-0.3, -0.25) is 9.36 Å². The average Bonchev–Trinajstić information content (AvgIpc) is 2.28. The summed E-state index contributed by atoms with van der Waals surface area (Å²) in [5.74, 6) is 0.0238. The van der Waals surface area contributed by atoms with Crippen LogP contribution in [0, 0.1) is 0 Å². The molecule has 0 bridgehead atoms. The molecular formula is C12H17O4P. The third-order valence-electron chi connectivity index (χ3n) is 2.53. The van der Waals surface area contributed by atoms with Crippen LogP contribution in [0.4, 0.5) is 0 Å². The monoisotopic (exact) mass is 256 g/mol. The average molecular weight is 256 g/mol. The largest absolute Gasteiger partial charge is 0.356 e. The summed E-state index contributed by atoms with van der Waals surface area (Å²) in [6.45, 7) is 2.07. The van der Waals surface area contributed by atoms with Crippen LogP contribution in [-0.4, -0.2) is 15.6 Å². The van der Waals surface area contributed by atoms with Crippen LogP contribution in [0.1, 0.15) is 43.0 Å². The summed E-state index contributed by atoms with van der Waals surface area (Å²) in [4.78, 5) is 29.5. The van der Waals surface area contributed by atoms with Crippen molar-refractivity contribution in [2.75, 3.05) is 0 Å². The van der Waals surface area contributed by atoms with E-state index in [2.05, 4.69) is 6.92 Å². The normalized spacial score (nSPS) is 11.5. The van der Waals surface area contributed by atoms with Crippen molar-refractivity contribution >= 4 is 18.7 Å². The van der Waals surface area contributed by atoms with Crippen molar-refractivity contribution in [3.8, 4) is 0 Å². The summed E-state index contributed by atoms with van der Waals surface area (Å²) in [6.07, 6.45) is 3.43. The SMILES string of the molecule is CCCCCC(=O)c1ccc(P(=O)(O)O)cc1. The van der Waals surface area contributed by atoms with Crippen molar-refractivity contribution in [3.05, 3.63) is 29.8 Å². The van der Waals surface area contributed by atoms with Gasteiger partial charge in [0.15, 0.2) is 5.78 Å².